The maximum atomic E-state index is 12.3. The van der Waals surface area contributed by atoms with E-state index in [4.69, 9.17) is 0 Å². The van der Waals surface area contributed by atoms with Gasteiger partial charge in [-0.25, -0.2) is 0 Å². The standard InChI is InChI=1S/C16H25N3O2S/c1-6-10(4)12(20)8-17-15(21)13-7-11-14(9(2)3)18-19(5)16(11)22-13/h7,9-10,12,20H,6,8H2,1-5H3,(H,17,21). The van der Waals surface area contributed by atoms with Gasteiger partial charge >= 0.3 is 0 Å². The molecule has 2 aromatic heterocycles. The fraction of sp³-hybridized carbons (Fsp3) is 0.625. The number of hydrogen-bond acceptors (Lipinski definition) is 4. The Labute approximate surface area is 135 Å². The van der Waals surface area contributed by atoms with Crippen molar-refractivity contribution in [2.75, 3.05) is 6.54 Å². The summed E-state index contributed by atoms with van der Waals surface area (Å²) in [7, 11) is 1.90. The maximum absolute atomic E-state index is 12.3. The molecule has 0 saturated heterocycles. The first-order valence-corrected chi connectivity index (χ1v) is 8.59. The Balaban J connectivity index is 2.14. The van der Waals surface area contributed by atoms with Crippen molar-refractivity contribution >= 4 is 27.5 Å². The van der Waals surface area contributed by atoms with E-state index in [-0.39, 0.29) is 18.4 Å². The first-order valence-electron chi connectivity index (χ1n) is 7.77. The minimum Gasteiger partial charge on any atom is -0.391 e. The molecule has 0 radical (unpaired) electrons. The van der Waals surface area contributed by atoms with Gasteiger partial charge in [0.25, 0.3) is 5.91 Å². The van der Waals surface area contributed by atoms with Crippen LogP contribution in [0.3, 0.4) is 0 Å². The number of thiophene rings is 1. The smallest absolute Gasteiger partial charge is 0.261 e. The Hall–Kier alpha value is -1.40. The van der Waals surface area contributed by atoms with Crippen LogP contribution in [0.5, 0.6) is 0 Å². The number of carbonyl (C=O) groups is 1. The molecule has 0 fully saturated rings. The molecule has 0 aromatic carbocycles. The van der Waals surface area contributed by atoms with Gasteiger partial charge in [-0.2, -0.15) is 5.10 Å². The van der Waals surface area contributed by atoms with Gasteiger partial charge in [-0.3, -0.25) is 9.48 Å². The minimum absolute atomic E-state index is 0.127. The normalized spacial score (nSPS) is 14.5. The van der Waals surface area contributed by atoms with Crippen LogP contribution in [0.1, 0.15) is 55.4 Å². The van der Waals surface area contributed by atoms with E-state index in [9.17, 15) is 9.90 Å². The third-order valence-corrected chi connectivity index (χ3v) is 5.28. The molecule has 1 amide bonds. The Kier molecular flexibility index (Phi) is 5.24. The summed E-state index contributed by atoms with van der Waals surface area (Å²) >= 11 is 1.44. The first kappa shape index (κ1) is 17.0. The number of amides is 1. The highest BCUT2D eigenvalue weighted by Crippen LogP contribution is 2.31. The number of rotatable bonds is 6. The van der Waals surface area contributed by atoms with Gasteiger partial charge < -0.3 is 10.4 Å². The van der Waals surface area contributed by atoms with Crippen molar-refractivity contribution in [2.24, 2.45) is 13.0 Å². The van der Waals surface area contributed by atoms with Crippen molar-refractivity contribution < 1.29 is 9.90 Å². The van der Waals surface area contributed by atoms with Gasteiger partial charge in [0.15, 0.2) is 0 Å². The molecule has 0 aliphatic carbocycles. The molecule has 2 unspecified atom stereocenters. The number of aliphatic hydroxyl groups excluding tert-OH is 1. The Bertz CT molecular complexity index is 660. The summed E-state index contributed by atoms with van der Waals surface area (Å²) in [5.41, 5.74) is 1.02. The number of hydrogen-bond donors (Lipinski definition) is 2. The molecule has 2 heterocycles. The van der Waals surface area contributed by atoms with E-state index in [0.717, 1.165) is 22.3 Å². The average molecular weight is 323 g/mol. The van der Waals surface area contributed by atoms with Crippen molar-refractivity contribution in [3.63, 3.8) is 0 Å². The van der Waals surface area contributed by atoms with Crippen LogP contribution in [0, 0.1) is 5.92 Å². The lowest BCUT2D eigenvalue weighted by atomic mass is 10.0. The van der Waals surface area contributed by atoms with E-state index >= 15 is 0 Å². The molecule has 22 heavy (non-hydrogen) atoms. The van der Waals surface area contributed by atoms with Crippen LogP contribution in [-0.4, -0.2) is 33.4 Å². The molecule has 0 spiro atoms. The number of fused-ring (bicyclic) bond motifs is 1. The second-order valence-corrected chi connectivity index (χ2v) is 7.19. The summed E-state index contributed by atoms with van der Waals surface area (Å²) in [6, 6.07) is 1.91. The molecule has 0 saturated carbocycles. The van der Waals surface area contributed by atoms with Gasteiger partial charge in [0.1, 0.15) is 4.83 Å². The van der Waals surface area contributed by atoms with Crippen LogP contribution >= 0.6 is 11.3 Å². The van der Waals surface area contributed by atoms with Crippen LogP contribution in [0.2, 0.25) is 0 Å². The van der Waals surface area contributed by atoms with Crippen LogP contribution in [0.25, 0.3) is 10.2 Å². The minimum atomic E-state index is -0.503. The van der Waals surface area contributed by atoms with E-state index in [2.05, 4.69) is 24.3 Å². The third-order valence-electron chi connectivity index (χ3n) is 4.08. The Morgan fingerprint density at radius 2 is 2.14 bits per heavy atom. The number of aryl methyl sites for hydroxylation is 1. The zero-order valence-corrected chi connectivity index (χ0v) is 14.7. The zero-order chi connectivity index (χ0) is 16.4. The highest BCUT2D eigenvalue weighted by molar-refractivity contribution is 7.20. The van der Waals surface area contributed by atoms with Crippen molar-refractivity contribution in [1.82, 2.24) is 15.1 Å². The Morgan fingerprint density at radius 3 is 2.73 bits per heavy atom. The number of aliphatic hydroxyl groups is 1. The molecule has 2 aromatic rings. The average Bonchev–Trinajstić information content (AvgIpc) is 3.04. The van der Waals surface area contributed by atoms with E-state index in [1.165, 1.54) is 11.3 Å². The van der Waals surface area contributed by atoms with Crippen molar-refractivity contribution in [3.05, 3.63) is 16.6 Å². The lowest BCUT2D eigenvalue weighted by Gasteiger charge is -2.17. The fourth-order valence-electron chi connectivity index (χ4n) is 2.36. The molecule has 5 nitrogen and oxygen atoms in total. The molecule has 0 aliphatic rings. The zero-order valence-electron chi connectivity index (χ0n) is 13.9. The highest BCUT2D eigenvalue weighted by atomic mass is 32.1. The number of nitrogens with zero attached hydrogens (tertiary/aromatic N) is 2. The van der Waals surface area contributed by atoms with Crippen molar-refractivity contribution in [2.45, 2.75) is 46.1 Å². The van der Waals surface area contributed by atoms with Gasteiger partial charge in [-0.1, -0.05) is 34.1 Å². The van der Waals surface area contributed by atoms with E-state index in [1.807, 2.05) is 31.6 Å². The predicted octanol–water partition coefficient (Wildman–Crippen LogP) is 2.90. The van der Waals surface area contributed by atoms with Crippen molar-refractivity contribution in [1.29, 1.82) is 0 Å². The maximum Gasteiger partial charge on any atom is 0.261 e. The summed E-state index contributed by atoms with van der Waals surface area (Å²) in [5.74, 6) is 0.374. The molecule has 0 aliphatic heterocycles. The molecule has 2 N–H and O–H groups in total. The monoisotopic (exact) mass is 323 g/mol. The first-order chi connectivity index (χ1) is 10.3. The van der Waals surface area contributed by atoms with Crippen LogP contribution in [0.15, 0.2) is 6.07 Å². The van der Waals surface area contributed by atoms with Gasteiger partial charge in [0.05, 0.1) is 16.7 Å². The lowest BCUT2D eigenvalue weighted by molar-refractivity contribution is 0.0853. The molecular formula is C16H25N3O2S. The summed E-state index contributed by atoms with van der Waals surface area (Å²) < 4.78 is 1.83. The largest absolute Gasteiger partial charge is 0.391 e. The molecular weight excluding hydrogens is 298 g/mol. The van der Waals surface area contributed by atoms with Gasteiger partial charge in [0.2, 0.25) is 0 Å². The SMILES string of the molecule is CCC(C)C(O)CNC(=O)c1cc2c(C(C)C)nn(C)c2s1. The summed E-state index contributed by atoms with van der Waals surface area (Å²) in [6.07, 6.45) is 0.389. The summed E-state index contributed by atoms with van der Waals surface area (Å²) in [5, 5.41) is 18.3. The highest BCUT2D eigenvalue weighted by Gasteiger charge is 2.19. The molecule has 122 valence electrons. The Morgan fingerprint density at radius 1 is 1.45 bits per heavy atom. The summed E-state index contributed by atoms with van der Waals surface area (Å²) in [4.78, 5) is 14.0. The topological polar surface area (TPSA) is 67.2 Å². The van der Waals surface area contributed by atoms with Crippen LogP contribution in [-0.2, 0) is 7.05 Å². The van der Waals surface area contributed by atoms with Crippen LogP contribution < -0.4 is 5.32 Å². The van der Waals surface area contributed by atoms with E-state index in [0.29, 0.717) is 10.8 Å². The quantitative estimate of drug-likeness (QED) is 0.859. The molecule has 2 rings (SSSR count). The summed E-state index contributed by atoms with van der Waals surface area (Å²) in [6.45, 7) is 8.50. The lowest BCUT2D eigenvalue weighted by Crippen LogP contribution is -2.35. The van der Waals surface area contributed by atoms with E-state index < -0.39 is 6.10 Å². The molecule has 2 atom stereocenters. The molecule has 0 bridgehead atoms. The van der Waals surface area contributed by atoms with Gasteiger partial charge in [0, 0.05) is 19.0 Å². The van der Waals surface area contributed by atoms with Crippen LogP contribution in [0.4, 0.5) is 0 Å². The van der Waals surface area contributed by atoms with E-state index in [1.54, 1.807) is 0 Å². The second kappa shape index (κ2) is 6.79. The number of aromatic nitrogens is 2. The third kappa shape index (κ3) is 3.33. The predicted molar refractivity (Wildman–Crippen MR) is 90.5 cm³/mol. The fourth-order valence-corrected chi connectivity index (χ4v) is 3.36. The van der Waals surface area contributed by atoms with Gasteiger partial charge in [-0.05, 0) is 17.9 Å². The van der Waals surface area contributed by atoms with Crippen molar-refractivity contribution in [3.8, 4) is 0 Å². The number of nitrogens with one attached hydrogen (secondary N) is 1. The second-order valence-electron chi connectivity index (χ2n) is 6.16. The number of carbonyl (C=O) groups excluding carboxylic acids is 1. The molecule has 6 heteroatoms. The van der Waals surface area contributed by atoms with Gasteiger partial charge in [-0.15, -0.1) is 11.3 Å².